The van der Waals surface area contributed by atoms with Crippen LogP contribution in [-0.4, -0.2) is 9.97 Å². The predicted molar refractivity (Wildman–Crippen MR) is 63.1 cm³/mol. The smallest absolute Gasteiger partial charge is 0.270 e. The first-order valence-corrected chi connectivity index (χ1v) is 5.47. The lowest BCUT2D eigenvalue weighted by molar-refractivity contribution is 0.0174. The monoisotopic (exact) mass is 270 g/mol. The Kier molecular flexibility index (Phi) is 3.43. The van der Waals surface area contributed by atoms with Crippen molar-refractivity contribution in [2.24, 2.45) is 0 Å². The van der Waals surface area contributed by atoms with Crippen molar-refractivity contribution in [2.75, 3.05) is 0 Å². The van der Waals surface area contributed by atoms with Crippen molar-refractivity contribution >= 4 is 11.6 Å². The molecule has 0 atom stereocenters. The SMILES string of the molecule is CC(F)(F)c1ccc(Oc2nccnc2Cl)cc1. The molecule has 2 rings (SSSR count). The number of benzene rings is 1. The Morgan fingerprint density at radius 1 is 1.11 bits per heavy atom. The molecule has 0 fully saturated rings. The highest BCUT2D eigenvalue weighted by Gasteiger charge is 2.23. The van der Waals surface area contributed by atoms with Gasteiger partial charge in [-0.2, -0.15) is 0 Å². The Labute approximate surface area is 107 Å². The molecule has 0 spiro atoms. The summed E-state index contributed by atoms with van der Waals surface area (Å²) in [7, 11) is 0. The van der Waals surface area contributed by atoms with Crippen LogP contribution in [0, 0.1) is 0 Å². The number of alkyl halides is 2. The largest absolute Gasteiger partial charge is 0.436 e. The third-order valence-corrected chi connectivity index (χ3v) is 2.46. The molecular formula is C12H9ClF2N2O. The van der Waals surface area contributed by atoms with Crippen LogP contribution < -0.4 is 4.74 Å². The summed E-state index contributed by atoms with van der Waals surface area (Å²) in [6.07, 6.45) is 2.85. The quantitative estimate of drug-likeness (QED) is 0.844. The number of ether oxygens (including phenoxy) is 1. The maximum atomic E-state index is 13.0. The lowest BCUT2D eigenvalue weighted by Gasteiger charge is -2.11. The average molecular weight is 271 g/mol. The number of hydrogen-bond acceptors (Lipinski definition) is 3. The van der Waals surface area contributed by atoms with Gasteiger partial charge in [-0.1, -0.05) is 11.6 Å². The first-order valence-electron chi connectivity index (χ1n) is 5.09. The zero-order chi connectivity index (χ0) is 13.2. The maximum absolute atomic E-state index is 13.0. The van der Waals surface area contributed by atoms with Crippen molar-refractivity contribution in [3.63, 3.8) is 0 Å². The molecule has 6 heteroatoms. The van der Waals surface area contributed by atoms with Gasteiger partial charge >= 0.3 is 0 Å². The van der Waals surface area contributed by atoms with Crippen molar-refractivity contribution < 1.29 is 13.5 Å². The van der Waals surface area contributed by atoms with E-state index in [4.69, 9.17) is 16.3 Å². The van der Waals surface area contributed by atoms with E-state index >= 15 is 0 Å². The minimum Gasteiger partial charge on any atom is -0.436 e. The fourth-order valence-electron chi connectivity index (χ4n) is 1.30. The van der Waals surface area contributed by atoms with E-state index in [0.29, 0.717) is 5.75 Å². The van der Waals surface area contributed by atoms with Crippen molar-refractivity contribution in [3.05, 3.63) is 47.4 Å². The molecule has 0 N–H and O–H groups in total. The van der Waals surface area contributed by atoms with E-state index in [1.54, 1.807) is 0 Å². The lowest BCUT2D eigenvalue weighted by Crippen LogP contribution is -2.06. The Morgan fingerprint density at radius 3 is 2.28 bits per heavy atom. The lowest BCUT2D eigenvalue weighted by atomic mass is 10.1. The summed E-state index contributed by atoms with van der Waals surface area (Å²) in [4.78, 5) is 7.67. The Bertz CT molecular complexity index is 541. The van der Waals surface area contributed by atoms with Gasteiger partial charge in [-0.15, -0.1) is 0 Å². The van der Waals surface area contributed by atoms with Crippen LogP contribution in [0.4, 0.5) is 8.78 Å². The van der Waals surface area contributed by atoms with Crippen LogP contribution in [0.15, 0.2) is 36.7 Å². The van der Waals surface area contributed by atoms with Crippen LogP contribution in [0.5, 0.6) is 11.6 Å². The fraction of sp³-hybridized carbons (Fsp3) is 0.167. The second-order valence-corrected chi connectivity index (χ2v) is 4.03. The third kappa shape index (κ3) is 2.92. The van der Waals surface area contributed by atoms with Gasteiger partial charge in [0.1, 0.15) is 5.75 Å². The summed E-state index contributed by atoms with van der Waals surface area (Å²) < 4.78 is 31.3. The van der Waals surface area contributed by atoms with E-state index in [9.17, 15) is 8.78 Å². The molecule has 0 radical (unpaired) electrons. The topological polar surface area (TPSA) is 35.0 Å². The minimum absolute atomic E-state index is 0.0832. The van der Waals surface area contributed by atoms with Gasteiger partial charge in [0, 0.05) is 24.9 Å². The van der Waals surface area contributed by atoms with Crippen molar-refractivity contribution in [1.29, 1.82) is 0 Å². The molecule has 3 nitrogen and oxygen atoms in total. The van der Waals surface area contributed by atoms with E-state index in [1.807, 2.05) is 0 Å². The highest BCUT2D eigenvalue weighted by Crippen LogP contribution is 2.30. The standard InChI is InChI=1S/C12H9ClF2N2O/c1-12(14,15)8-2-4-9(5-3-8)18-11-10(13)16-6-7-17-11/h2-7H,1H3. The fourth-order valence-corrected chi connectivity index (χ4v) is 1.45. The molecule has 1 aromatic heterocycles. The molecule has 1 heterocycles. The summed E-state index contributed by atoms with van der Waals surface area (Å²) in [5.74, 6) is -2.37. The van der Waals surface area contributed by atoms with E-state index in [1.165, 1.54) is 36.7 Å². The van der Waals surface area contributed by atoms with E-state index in [0.717, 1.165) is 6.92 Å². The molecular weight excluding hydrogens is 262 g/mol. The van der Waals surface area contributed by atoms with Crippen LogP contribution in [-0.2, 0) is 5.92 Å². The summed E-state index contributed by atoms with van der Waals surface area (Å²) >= 11 is 5.76. The van der Waals surface area contributed by atoms with Gasteiger partial charge in [0.2, 0.25) is 0 Å². The van der Waals surface area contributed by atoms with Gasteiger partial charge in [0.15, 0.2) is 5.15 Å². The third-order valence-electron chi connectivity index (χ3n) is 2.20. The molecule has 0 aliphatic rings. The van der Waals surface area contributed by atoms with Gasteiger partial charge in [0.25, 0.3) is 11.8 Å². The second-order valence-electron chi connectivity index (χ2n) is 3.67. The number of rotatable bonds is 3. The average Bonchev–Trinajstić information content (AvgIpc) is 2.32. The van der Waals surface area contributed by atoms with E-state index < -0.39 is 5.92 Å². The Balaban J connectivity index is 2.19. The minimum atomic E-state index is -2.87. The molecule has 0 unspecified atom stereocenters. The highest BCUT2D eigenvalue weighted by molar-refractivity contribution is 6.30. The first kappa shape index (κ1) is 12.7. The summed E-state index contributed by atoms with van der Waals surface area (Å²) in [5.41, 5.74) is -0.0832. The number of aromatic nitrogens is 2. The van der Waals surface area contributed by atoms with Gasteiger partial charge in [-0.25, -0.2) is 18.7 Å². The normalized spacial score (nSPS) is 11.3. The van der Waals surface area contributed by atoms with Gasteiger partial charge < -0.3 is 4.74 Å². The zero-order valence-electron chi connectivity index (χ0n) is 9.40. The Morgan fingerprint density at radius 2 is 1.72 bits per heavy atom. The summed E-state index contributed by atoms with van der Waals surface area (Å²) in [6, 6.07) is 5.44. The molecule has 2 aromatic rings. The molecule has 0 aliphatic heterocycles. The van der Waals surface area contributed by atoms with Crippen LogP contribution in [0.1, 0.15) is 12.5 Å². The summed E-state index contributed by atoms with van der Waals surface area (Å²) in [6.45, 7) is 0.836. The van der Waals surface area contributed by atoms with E-state index in [2.05, 4.69) is 9.97 Å². The van der Waals surface area contributed by atoms with Crippen LogP contribution in [0.2, 0.25) is 5.15 Å². The van der Waals surface area contributed by atoms with Crippen molar-refractivity contribution in [2.45, 2.75) is 12.8 Å². The molecule has 0 saturated carbocycles. The number of hydrogen-bond donors (Lipinski definition) is 0. The molecule has 0 amide bonds. The van der Waals surface area contributed by atoms with Gasteiger partial charge in [0.05, 0.1) is 0 Å². The van der Waals surface area contributed by atoms with Crippen LogP contribution in [0.25, 0.3) is 0 Å². The highest BCUT2D eigenvalue weighted by atomic mass is 35.5. The molecule has 94 valence electrons. The predicted octanol–water partition coefficient (Wildman–Crippen LogP) is 4.03. The van der Waals surface area contributed by atoms with Gasteiger partial charge in [-0.3, -0.25) is 0 Å². The molecule has 0 aliphatic carbocycles. The maximum Gasteiger partial charge on any atom is 0.270 e. The number of nitrogens with zero attached hydrogens (tertiary/aromatic N) is 2. The number of halogens is 3. The molecule has 18 heavy (non-hydrogen) atoms. The molecule has 1 aromatic carbocycles. The molecule has 0 saturated heterocycles. The van der Waals surface area contributed by atoms with Crippen molar-refractivity contribution in [1.82, 2.24) is 9.97 Å². The zero-order valence-corrected chi connectivity index (χ0v) is 10.2. The van der Waals surface area contributed by atoms with Gasteiger partial charge in [-0.05, 0) is 24.3 Å². The van der Waals surface area contributed by atoms with Crippen LogP contribution in [0.3, 0.4) is 0 Å². The Hall–Kier alpha value is -1.75. The first-order chi connectivity index (χ1) is 8.47. The van der Waals surface area contributed by atoms with Crippen molar-refractivity contribution in [3.8, 4) is 11.6 Å². The second kappa shape index (κ2) is 4.86. The van der Waals surface area contributed by atoms with Crippen LogP contribution >= 0.6 is 11.6 Å². The molecule has 0 bridgehead atoms. The van der Waals surface area contributed by atoms with E-state index in [-0.39, 0.29) is 16.6 Å². The summed E-state index contributed by atoms with van der Waals surface area (Å²) in [5, 5.41) is 0.113.